The number of aromatic nitrogens is 3. The van der Waals surface area contributed by atoms with Crippen LogP contribution in [0, 0.1) is 5.92 Å². The fourth-order valence-corrected chi connectivity index (χ4v) is 5.65. The average Bonchev–Trinajstić information content (AvgIpc) is 3.65. The first-order valence-corrected chi connectivity index (χ1v) is 14.9. The van der Waals surface area contributed by atoms with Crippen LogP contribution in [0.25, 0.3) is 10.9 Å². The molecule has 10 nitrogen and oxygen atoms in total. The lowest BCUT2D eigenvalue weighted by Crippen LogP contribution is -2.49. The highest BCUT2D eigenvalue weighted by atomic mass is 32.2. The molecule has 0 atom stereocenters. The number of hydrogen-bond donors (Lipinski definition) is 1. The molecule has 198 valence electrons. The van der Waals surface area contributed by atoms with Crippen LogP contribution in [0.15, 0.2) is 41.6 Å². The SMILES string of the molecule is CCN(CC)c1cc(N/N=C/c2cn(CC3CC3)c3ccccc23)nc(N2CCN(S(C)(=O)=O)CC2)n1. The van der Waals surface area contributed by atoms with Crippen molar-refractivity contribution in [2.75, 3.05) is 60.7 Å². The van der Waals surface area contributed by atoms with Crippen molar-refractivity contribution in [1.82, 2.24) is 18.8 Å². The second-order valence-corrected chi connectivity index (χ2v) is 11.8. The summed E-state index contributed by atoms with van der Waals surface area (Å²) < 4.78 is 27.7. The number of fused-ring (bicyclic) bond motifs is 1. The third-order valence-electron chi connectivity index (χ3n) is 7.13. The Morgan fingerprint density at radius 3 is 2.51 bits per heavy atom. The summed E-state index contributed by atoms with van der Waals surface area (Å²) in [5.74, 6) is 2.79. The molecule has 11 heteroatoms. The van der Waals surface area contributed by atoms with Crippen LogP contribution in [-0.4, -0.2) is 79.0 Å². The monoisotopic (exact) mass is 524 g/mol. The second-order valence-electron chi connectivity index (χ2n) is 9.80. The summed E-state index contributed by atoms with van der Waals surface area (Å²) in [5.41, 5.74) is 5.43. The van der Waals surface area contributed by atoms with Gasteiger partial charge in [-0.2, -0.15) is 19.4 Å². The predicted octanol–water partition coefficient (Wildman–Crippen LogP) is 3.22. The van der Waals surface area contributed by atoms with Crippen LogP contribution in [0.3, 0.4) is 0 Å². The molecule has 0 amide bonds. The lowest BCUT2D eigenvalue weighted by atomic mass is 10.2. The molecular formula is C26H36N8O2S. The zero-order chi connectivity index (χ0) is 26.0. The number of nitrogens with zero attached hydrogens (tertiary/aromatic N) is 7. The summed E-state index contributed by atoms with van der Waals surface area (Å²) >= 11 is 0. The number of para-hydroxylation sites is 1. The highest BCUT2D eigenvalue weighted by Gasteiger charge is 2.26. The number of hydrogen-bond acceptors (Lipinski definition) is 8. The minimum Gasteiger partial charge on any atom is -0.357 e. The highest BCUT2D eigenvalue weighted by molar-refractivity contribution is 7.88. The van der Waals surface area contributed by atoms with Crippen LogP contribution in [-0.2, 0) is 16.6 Å². The van der Waals surface area contributed by atoms with Gasteiger partial charge in [0.15, 0.2) is 5.82 Å². The largest absolute Gasteiger partial charge is 0.357 e. The van der Waals surface area contributed by atoms with Crippen LogP contribution in [0.4, 0.5) is 17.6 Å². The lowest BCUT2D eigenvalue weighted by molar-refractivity contribution is 0.385. The van der Waals surface area contributed by atoms with Crippen LogP contribution in [0.2, 0.25) is 0 Å². The molecule has 1 aliphatic carbocycles. The van der Waals surface area contributed by atoms with Gasteiger partial charge in [0.25, 0.3) is 0 Å². The normalized spacial score (nSPS) is 17.1. The summed E-state index contributed by atoms with van der Waals surface area (Å²) in [5, 5.41) is 5.73. The molecule has 0 radical (unpaired) electrons. The molecule has 0 unspecified atom stereocenters. The fourth-order valence-electron chi connectivity index (χ4n) is 4.83. The number of nitrogens with one attached hydrogen (secondary N) is 1. The van der Waals surface area contributed by atoms with Crippen molar-refractivity contribution in [3.8, 4) is 0 Å². The van der Waals surface area contributed by atoms with Crippen molar-refractivity contribution in [3.63, 3.8) is 0 Å². The first kappa shape index (κ1) is 25.5. The van der Waals surface area contributed by atoms with Crippen molar-refractivity contribution in [2.45, 2.75) is 33.2 Å². The zero-order valence-electron chi connectivity index (χ0n) is 21.8. The maximum atomic E-state index is 11.9. The molecule has 1 aromatic carbocycles. The molecule has 1 aliphatic heterocycles. The first-order chi connectivity index (χ1) is 17.9. The first-order valence-electron chi connectivity index (χ1n) is 13.1. The molecule has 5 rings (SSSR count). The molecule has 0 bridgehead atoms. The molecule has 2 fully saturated rings. The zero-order valence-corrected chi connectivity index (χ0v) is 22.7. The van der Waals surface area contributed by atoms with Gasteiger partial charge in [0.2, 0.25) is 16.0 Å². The average molecular weight is 525 g/mol. The molecular weight excluding hydrogens is 488 g/mol. The molecule has 1 saturated carbocycles. The maximum Gasteiger partial charge on any atom is 0.229 e. The standard InChI is InChI=1S/C26H36N8O2S/c1-4-31(5-2)25-16-24(28-26(29-25)32-12-14-34(15-13-32)37(3,35)36)30-27-17-21-19-33(18-20-10-11-20)23-9-7-6-8-22(21)23/h6-9,16-17,19-20H,4-5,10-15,18H2,1-3H3,(H,28,29,30)/b27-17+. The molecule has 37 heavy (non-hydrogen) atoms. The van der Waals surface area contributed by atoms with E-state index in [-0.39, 0.29) is 0 Å². The minimum absolute atomic E-state index is 0.420. The van der Waals surface area contributed by atoms with Gasteiger partial charge in [-0.05, 0) is 38.7 Å². The molecule has 1 saturated heterocycles. The van der Waals surface area contributed by atoms with Crippen LogP contribution >= 0.6 is 0 Å². The summed E-state index contributed by atoms with van der Waals surface area (Å²) in [6.45, 7) is 8.80. The summed E-state index contributed by atoms with van der Waals surface area (Å²) in [4.78, 5) is 13.7. The Morgan fingerprint density at radius 1 is 1.11 bits per heavy atom. The van der Waals surface area contributed by atoms with Crippen molar-refractivity contribution in [2.24, 2.45) is 11.0 Å². The van der Waals surface area contributed by atoms with E-state index in [0.29, 0.717) is 37.9 Å². The van der Waals surface area contributed by atoms with E-state index in [1.54, 1.807) is 0 Å². The van der Waals surface area contributed by atoms with Crippen LogP contribution in [0.1, 0.15) is 32.3 Å². The number of hydrazone groups is 1. The lowest BCUT2D eigenvalue weighted by Gasteiger charge is -2.33. The third-order valence-corrected chi connectivity index (χ3v) is 8.44. The second kappa shape index (κ2) is 10.7. The van der Waals surface area contributed by atoms with Gasteiger partial charge >= 0.3 is 0 Å². The predicted molar refractivity (Wildman–Crippen MR) is 150 cm³/mol. The molecule has 0 spiro atoms. The van der Waals surface area contributed by atoms with E-state index in [1.165, 1.54) is 34.3 Å². The van der Waals surface area contributed by atoms with Gasteiger partial charge in [-0.25, -0.2) is 8.42 Å². The maximum absolute atomic E-state index is 11.9. The Labute approximate surface area is 219 Å². The summed E-state index contributed by atoms with van der Waals surface area (Å²) in [7, 11) is -3.20. The van der Waals surface area contributed by atoms with E-state index in [2.05, 4.69) is 64.3 Å². The van der Waals surface area contributed by atoms with E-state index < -0.39 is 10.0 Å². The molecule has 1 N–H and O–H groups in total. The van der Waals surface area contributed by atoms with E-state index in [1.807, 2.05) is 17.2 Å². The van der Waals surface area contributed by atoms with Crippen molar-refractivity contribution in [1.29, 1.82) is 0 Å². The van der Waals surface area contributed by atoms with Crippen LogP contribution in [0.5, 0.6) is 0 Å². The summed E-state index contributed by atoms with van der Waals surface area (Å²) in [6.07, 6.45) is 7.92. The Kier molecular flexibility index (Phi) is 7.34. The van der Waals surface area contributed by atoms with Gasteiger partial charge in [0.05, 0.1) is 12.5 Å². The Morgan fingerprint density at radius 2 is 1.84 bits per heavy atom. The molecule has 3 heterocycles. The number of anilines is 3. The van der Waals surface area contributed by atoms with E-state index in [4.69, 9.17) is 9.97 Å². The quantitative estimate of drug-likeness (QED) is 0.321. The van der Waals surface area contributed by atoms with Gasteiger partial charge in [0, 0.05) is 74.5 Å². The topological polar surface area (TPSA) is 99.0 Å². The van der Waals surface area contributed by atoms with Crippen molar-refractivity contribution >= 4 is 44.7 Å². The summed E-state index contributed by atoms with van der Waals surface area (Å²) in [6, 6.07) is 10.4. The highest BCUT2D eigenvalue weighted by Crippen LogP contribution is 2.32. The van der Waals surface area contributed by atoms with Gasteiger partial charge in [-0.1, -0.05) is 18.2 Å². The van der Waals surface area contributed by atoms with Crippen molar-refractivity contribution < 1.29 is 8.42 Å². The van der Waals surface area contributed by atoms with E-state index in [9.17, 15) is 8.42 Å². The van der Waals surface area contributed by atoms with Gasteiger partial charge in [-0.3, -0.25) is 5.43 Å². The number of piperazine rings is 1. The Bertz CT molecular complexity index is 1370. The van der Waals surface area contributed by atoms with Crippen LogP contribution < -0.4 is 15.2 Å². The number of rotatable bonds is 10. The number of sulfonamides is 1. The van der Waals surface area contributed by atoms with E-state index in [0.717, 1.165) is 36.9 Å². The Balaban J connectivity index is 1.37. The van der Waals surface area contributed by atoms with E-state index >= 15 is 0 Å². The molecule has 2 aromatic heterocycles. The third kappa shape index (κ3) is 5.88. The smallest absolute Gasteiger partial charge is 0.229 e. The van der Waals surface area contributed by atoms with Gasteiger partial charge in [0.1, 0.15) is 5.82 Å². The van der Waals surface area contributed by atoms with Gasteiger partial charge in [-0.15, -0.1) is 0 Å². The minimum atomic E-state index is -3.20. The molecule has 3 aromatic rings. The number of benzene rings is 1. The molecule has 2 aliphatic rings. The van der Waals surface area contributed by atoms with Gasteiger partial charge < -0.3 is 14.4 Å². The fraction of sp³-hybridized carbons (Fsp3) is 0.500. The van der Waals surface area contributed by atoms with Crippen molar-refractivity contribution in [3.05, 3.63) is 42.1 Å². The Hall–Kier alpha value is -3.18.